The summed E-state index contributed by atoms with van der Waals surface area (Å²) in [5.74, 6) is -0.651. The molecule has 1 atom stereocenters. The van der Waals surface area contributed by atoms with Crippen LogP contribution in [0.1, 0.15) is 39.1 Å². The van der Waals surface area contributed by atoms with Crippen LogP contribution in [0.25, 0.3) is 0 Å². The Balaban J connectivity index is 2.21. The van der Waals surface area contributed by atoms with E-state index in [0.717, 1.165) is 29.3 Å². The third-order valence-electron chi connectivity index (χ3n) is 2.53. The van der Waals surface area contributed by atoms with Crippen LogP contribution >= 0.6 is 11.3 Å². The maximum Gasteiger partial charge on any atom is 0.355 e. The number of hydrogen-bond acceptors (Lipinski definition) is 4. The molecule has 0 spiro atoms. The molecule has 82 valence electrons. The molecule has 5 heteroatoms. The van der Waals surface area contributed by atoms with Gasteiger partial charge in [0.05, 0.1) is 11.6 Å². The van der Waals surface area contributed by atoms with Crippen molar-refractivity contribution < 1.29 is 14.6 Å². The van der Waals surface area contributed by atoms with Crippen molar-refractivity contribution in [3.63, 3.8) is 0 Å². The molecule has 1 saturated heterocycles. The third kappa shape index (κ3) is 2.18. The fourth-order valence-electron chi connectivity index (χ4n) is 1.73. The number of rotatable bonds is 2. The highest BCUT2D eigenvalue weighted by atomic mass is 32.1. The van der Waals surface area contributed by atoms with Crippen LogP contribution in [0.2, 0.25) is 0 Å². The van der Waals surface area contributed by atoms with Gasteiger partial charge < -0.3 is 9.84 Å². The number of ether oxygens (including phenoxy) is 1. The zero-order valence-corrected chi connectivity index (χ0v) is 9.34. The summed E-state index contributed by atoms with van der Waals surface area (Å²) in [6.07, 6.45) is 2.08. The van der Waals surface area contributed by atoms with E-state index in [4.69, 9.17) is 9.84 Å². The zero-order chi connectivity index (χ0) is 10.8. The Morgan fingerprint density at radius 1 is 1.67 bits per heavy atom. The molecule has 1 aromatic heterocycles. The van der Waals surface area contributed by atoms with Crippen LogP contribution in [0.5, 0.6) is 0 Å². The number of carboxylic acids is 1. The molecule has 1 aliphatic heterocycles. The predicted octanol–water partition coefficient (Wildman–Crippen LogP) is 2.04. The van der Waals surface area contributed by atoms with Gasteiger partial charge in [-0.15, -0.1) is 11.3 Å². The van der Waals surface area contributed by atoms with Gasteiger partial charge in [-0.2, -0.15) is 0 Å². The molecule has 1 N–H and O–H groups in total. The molecule has 0 amide bonds. The quantitative estimate of drug-likeness (QED) is 0.840. The van der Waals surface area contributed by atoms with E-state index >= 15 is 0 Å². The highest BCUT2D eigenvalue weighted by molar-refractivity contribution is 7.12. The number of carbonyl (C=O) groups is 1. The van der Waals surface area contributed by atoms with E-state index in [1.54, 1.807) is 6.92 Å². The minimum Gasteiger partial charge on any atom is -0.476 e. The summed E-state index contributed by atoms with van der Waals surface area (Å²) in [5.41, 5.74) is 0.195. The summed E-state index contributed by atoms with van der Waals surface area (Å²) in [6.45, 7) is 3.28. The second-order valence-electron chi connectivity index (χ2n) is 3.68. The van der Waals surface area contributed by atoms with Gasteiger partial charge in [0.25, 0.3) is 0 Å². The summed E-state index contributed by atoms with van der Waals surface area (Å²) < 4.78 is 5.37. The van der Waals surface area contributed by atoms with Gasteiger partial charge in [-0.3, -0.25) is 0 Å². The molecular weight excluding hydrogens is 214 g/mol. The van der Waals surface area contributed by atoms with Crippen LogP contribution < -0.4 is 0 Å². The Labute approximate surface area is 91.9 Å². The molecule has 0 aromatic carbocycles. The van der Waals surface area contributed by atoms with Crippen LogP contribution in [-0.2, 0) is 4.74 Å². The van der Waals surface area contributed by atoms with Crippen molar-refractivity contribution in [3.05, 3.63) is 15.6 Å². The normalized spacial score (nSPS) is 21.5. The first-order chi connectivity index (χ1) is 7.18. The van der Waals surface area contributed by atoms with Crippen LogP contribution in [0.15, 0.2) is 0 Å². The number of aromatic nitrogens is 1. The molecule has 2 rings (SSSR count). The lowest BCUT2D eigenvalue weighted by Gasteiger charge is -2.19. The Bertz CT molecular complexity index is 369. The molecule has 1 unspecified atom stereocenters. The largest absolute Gasteiger partial charge is 0.476 e. The van der Waals surface area contributed by atoms with E-state index in [1.165, 1.54) is 11.3 Å². The van der Waals surface area contributed by atoms with Crippen LogP contribution in [-0.4, -0.2) is 29.3 Å². The SMILES string of the molecule is Cc1sc(C2CCCOC2)nc1C(=O)O. The number of aromatic carboxylic acids is 1. The summed E-state index contributed by atoms with van der Waals surface area (Å²) in [7, 11) is 0. The zero-order valence-electron chi connectivity index (χ0n) is 8.52. The third-order valence-corrected chi connectivity index (χ3v) is 3.66. The number of nitrogens with zero attached hydrogens (tertiary/aromatic N) is 1. The fraction of sp³-hybridized carbons (Fsp3) is 0.600. The first-order valence-corrected chi connectivity index (χ1v) is 5.78. The Morgan fingerprint density at radius 2 is 2.47 bits per heavy atom. The number of thiazole rings is 1. The highest BCUT2D eigenvalue weighted by Gasteiger charge is 2.22. The molecule has 0 radical (unpaired) electrons. The van der Waals surface area contributed by atoms with Crippen molar-refractivity contribution in [2.24, 2.45) is 0 Å². The van der Waals surface area contributed by atoms with Gasteiger partial charge >= 0.3 is 5.97 Å². The van der Waals surface area contributed by atoms with Gasteiger partial charge in [-0.25, -0.2) is 9.78 Å². The average molecular weight is 227 g/mol. The topological polar surface area (TPSA) is 59.4 Å². The van der Waals surface area contributed by atoms with E-state index in [1.807, 2.05) is 0 Å². The van der Waals surface area contributed by atoms with Gasteiger partial charge in [0.2, 0.25) is 0 Å². The van der Waals surface area contributed by atoms with Gasteiger partial charge in [0.1, 0.15) is 0 Å². The lowest BCUT2D eigenvalue weighted by atomic mass is 10.0. The van der Waals surface area contributed by atoms with Crippen molar-refractivity contribution in [3.8, 4) is 0 Å². The minimum atomic E-state index is -0.938. The molecule has 15 heavy (non-hydrogen) atoms. The lowest BCUT2D eigenvalue weighted by Crippen LogP contribution is -2.15. The maximum atomic E-state index is 10.8. The average Bonchev–Trinajstić information content (AvgIpc) is 2.62. The van der Waals surface area contributed by atoms with E-state index in [9.17, 15) is 4.79 Å². The van der Waals surface area contributed by atoms with E-state index < -0.39 is 5.97 Å². The van der Waals surface area contributed by atoms with Gasteiger partial charge in [0.15, 0.2) is 5.69 Å². The Hall–Kier alpha value is -0.940. The van der Waals surface area contributed by atoms with Gasteiger partial charge in [-0.05, 0) is 19.8 Å². The molecule has 1 fully saturated rings. The summed E-state index contributed by atoms with van der Waals surface area (Å²) in [4.78, 5) is 15.8. The van der Waals surface area contributed by atoms with Crippen molar-refractivity contribution in [1.29, 1.82) is 0 Å². The molecule has 4 nitrogen and oxygen atoms in total. The second kappa shape index (κ2) is 4.28. The molecule has 0 aliphatic carbocycles. The minimum absolute atomic E-state index is 0.195. The number of aryl methyl sites for hydroxylation is 1. The monoisotopic (exact) mass is 227 g/mol. The maximum absolute atomic E-state index is 10.8. The first-order valence-electron chi connectivity index (χ1n) is 4.97. The van der Waals surface area contributed by atoms with Crippen molar-refractivity contribution in [1.82, 2.24) is 4.98 Å². The predicted molar refractivity (Wildman–Crippen MR) is 56.6 cm³/mol. The molecule has 1 aliphatic rings. The number of carboxylic acid groups (broad SMARTS) is 1. The van der Waals surface area contributed by atoms with Crippen molar-refractivity contribution >= 4 is 17.3 Å². The van der Waals surface area contributed by atoms with Crippen LogP contribution in [0, 0.1) is 6.92 Å². The van der Waals surface area contributed by atoms with Crippen LogP contribution in [0.4, 0.5) is 0 Å². The van der Waals surface area contributed by atoms with E-state index in [2.05, 4.69) is 4.98 Å². The van der Waals surface area contributed by atoms with Crippen LogP contribution in [0.3, 0.4) is 0 Å². The molecular formula is C10H13NO3S. The molecule has 1 aromatic rings. The summed E-state index contributed by atoms with van der Waals surface area (Å²) in [5, 5.41) is 9.80. The highest BCUT2D eigenvalue weighted by Crippen LogP contribution is 2.30. The van der Waals surface area contributed by atoms with Crippen molar-refractivity contribution in [2.45, 2.75) is 25.7 Å². The summed E-state index contributed by atoms with van der Waals surface area (Å²) in [6, 6.07) is 0. The van der Waals surface area contributed by atoms with Gasteiger partial charge in [0, 0.05) is 17.4 Å². The molecule has 2 heterocycles. The summed E-state index contributed by atoms with van der Waals surface area (Å²) >= 11 is 1.48. The van der Waals surface area contributed by atoms with E-state index in [-0.39, 0.29) is 11.6 Å². The van der Waals surface area contributed by atoms with E-state index in [0.29, 0.717) is 6.61 Å². The lowest BCUT2D eigenvalue weighted by molar-refractivity contribution is 0.0687. The second-order valence-corrected chi connectivity index (χ2v) is 4.91. The molecule has 0 saturated carbocycles. The number of hydrogen-bond donors (Lipinski definition) is 1. The first kappa shape index (κ1) is 10.6. The Morgan fingerprint density at radius 3 is 3.00 bits per heavy atom. The smallest absolute Gasteiger partial charge is 0.355 e. The molecule has 0 bridgehead atoms. The van der Waals surface area contributed by atoms with Crippen molar-refractivity contribution in [2.75, 3.05) is 13.2 Å². The van der Waals surface area contributed by atoms with Gasteiger partial charge in [-0.1, -0.05) is 0 Å². The standard InChI is InChI=1S/C10H13NO3S/c1-6-8(10(12)13)11-9(15-6)7-3-2-4-14-5-7/h7H,2-5H2,1H3,(H,12,13). The Kier molecular flexibility index (Phi) is 3.02. The fourth-order valence-corrected chi connectivity index (χ4v) is 2.76.